The molecule has 3 rings (SSSR count). The first kappa shape index (κ1) is 18.6. The van der Waals surface area contributed by atoms with Crippen molar-refractivity contribution in [2.24, 2.45) is 0 Å². The molecule has 1 fully saturated rings. The summed E-state index contributed by atoms with van der Waals surface area (Å²) in [6, 6.07) is 5.41. The Bertz CT molecular complexity index is 678. The van der Waals surface area contributed by atoms with Gasteiger partial charge in [0.25, 0.3) is 0 Å². The Hall–Kier alpha value is -2.16. The Kier molecular flexibility index (Phi) is 5.75. The highest BCUT2D eigenvalue weighted by Crippen LogP contribution is 2.47. The molecule has 0 aliphatic carbocycles. The Balaban J connectivity index is 1.80. The van der Waals surface area contributed by atoms with Crippen LogP contribution < -0.4 is 10.1 Å². The number of ether oxygens (including phenoxy) is 4. The standard InChI is InChI=1S/C18H23NO7/c1-23-9-16(21)19-10-3-4-14-12(5-10)13-6-11(7-17(22)24-2)25-15(8-20)18(13)26-14/h3-5,11,13,15,18,20H,6-9H2,1-2H3,(H,19,21)/t11-,13+,15+,18-/m0/s1. The third kappa shape index (κ3) is 3.82. The molecule has 0 spiro atoms. The average Bonchev–Trinajstić information content (AvgIpc) is 2.99. The average molecular weight is 365 g/mol. The summed E-state index contributed by atoms with van der Waals surface area (Å²) in [5.41, 5.74) is 1.58. The molecule has 2 aliphatic rings. The Morgan fingerprint density at radius 2 is 2.15 bits per heavy atom. The van der Waals surface area contributed by atoms with Gasteiger partial charge in [0.15, 0.2) is 0 Å². The minimum absolute atomic E-state index is 0.0265. The van der Waals surface area contributed by atoms with Crippen LogP contribution in [0.15, 0.2) is 18.2 Å². The number of rotatable bonds is 6. The number of hydrogen-bond acceptors (Lipinski definition) is 7. The molecule has 2 aliphatic heterocycles. The van der Waals surface area contributed by atoms with Crippen molar-refractivity contribution in [2.75, 3.05) is 32.8 Å². The zero-order chi connectivity index (χ0) is 18.7. The van der Waals surface area contributed by atoms with Gasteiger partial charge in [0, 0.05) is 24.3 Å². The van der Waals surface area contributed by atoms with Crippen LogP contribution in [0.1, 0.15) is 24.3 Å². The first-order chi connectivity index (χ1) is 12.5. The molecule has 0 aromatic heterocycles. The van der Waals surface area contributed by atoms with E-state index in [0.717, 1.165) is 5.56 Å². The first-order valence-electron chi connectivity index (χ1n) is 8.48. The van der Waals surface area contributed by atoms with Crippen LogP contribution in [0.25, 0.3) is 0 Å². The van der Waals surface area contributed by atoms with E-state index in [9.17, 15) is 14.7 Å². The maximum Gasteiger partial charge on any atom is 0.308 e. The number of carbonyl (C=O) groups excluding carboxylic acids is 2. The van der Waals surface area contributed by atoms with Crippen molar-refractivity contribution < 1.29 is 33.6 Å². The van der Waals surface area contributed by atoms with Gasteiger partial charge in [-0.05, 0) is 24.6 Å². The molecule has 1 amide bonds. The van der Waals surface area contributed by atoms with Crippen molar-refractivity contribution >= 4 is 17.6 Å². The molecule has 1 saturated heterocycles. The van der Waals surface area contributed by atoms with E-state index in [4.69, 9.17) is 18.9 Å². The van der Waals surface area contributed by atoms with E-state index < -0.39 is 6.10 Å². The number of aliphatic hydroxyl groups is 1. The SMILES string of the molecule is COCC(=O)Nc1ccc2c(c1)[C@H]1C[C@@H](CC(=O)OC)O[C@H](CO)[C@H]1O2. The van der Waals surface area contributed by atoms with Gasteiger partial charge in [0.2, 0.25) is 5.91 Å². The third-order valence-electron chi connectivity index (χ3n) is 4.68. The first-order valence-corrected chi connectivity index (χ1v) is 8.48. The second kappa shape index (κ2) is 8.03. The summed E-state index contributed by atoms with van der Waals surface area (Å²) in [6.45, 7) is -0.231. The number of nitrogens with one attached hydrogen (secondary N) is 1. The fourth-order valence-electron chi connectivity index (χ4n) is 3.56. The Labute approximate surface area is 151 Å². The van der Waals surface area contributed by atoms with Crippen LogP contribution in [0.5, 0.6) is 5.75 Å². The predicted molar refractivity (Wildman–Crippen MR) is 91.1 cm³/mol. The molecule has 4 atom stereocenters. The molecule has 2 N–H and O–H groups in total. The van der Waals surface area contributed by atoms with E-state index in [0.29, 0.717) is 17.9 Å². The summed E-state index contributed by atoms with van der Waals surface area (Å²) in [4.78, 5) is 23.3. The lowest BCUT2D eigenvalue weighted by atomic mass is 9.84. The van der Waals surface area contributed by atoms with Crippen molar-refractivity contribution in [3.63, 3.8) is 0 Å². The summed E-state index contributed by atoms with van der Waals surface area (Å²) in [5, 5.41) is 12.4. The predicted octanol–water partition coefficient (Wildman–Crippen LogP) is 0.829. The molecule has 8 heteroatoms. The number of esters is 1. The summed E-state index contributed by atoms with van der Waals surface area (Å²) >= 11 is 0. The van der Waals surface area contributed by atoms with Gasteiger partial charge in [-0.25, -0.2) is 0 Å². The van der Waals surface area contributed by atoms with Gasteiger partial charge in [0.1, 0.15) is 24.6 Å². The normalized spacial score (nSPS) is 26.4. The topological polar surface area (TPSA) is 103 Å². The summed E-state index contributed by atoms with van der Waals surface area (Å²) < 4.78 is 21.3. The van der Waals surface area contributed by atoms with E-state index in [1.807, 2.05) is 6.07 Å². The summed E-state index contributed by atoms with van der Waals surface area (Å²) in [7, 11) is 2.79. The zero-order valence-corrected chi connectivity index (χ0v) is 14.8. The molecule has 0 radical (unpaired) electrons. The van der Waals surface area contributed by atoms with Crippen molar-refractivity contribution in [1.82, 2.24) is 0 Å². The molecule has 0 saturated carbocycles. The van der Waals surface area contributed by atoms with E-state index in [1.165, 1.54) is 14.2 Å². The Morgan fingerprint density at radius 3 is 2.85 bits per heavy atom. The van der Waals surface area contributed by atoms with Gasteiger partial charge in [-0.2, -0.15) is 0 Å². The van der Waals surface area contributed by atoms with Gasteiger partial charge in [-0.1, -0.05) is 0 Å². The van der Waals surface area contributed by atoms with Gasteiger partial charge >= 0.3 is 5.97 Å². The number of fused-ring (bicyclic) bond motifs is 3. The molecule has 8 nitrogen and oxygen atoms in total. The number of benzene rings is 1. The lowest BCUT2D eigenvalue weighted by Gasteiger charge is -2.36. The van der Waals surface area contributed by atoms with Crippen molar-refractivity contribution in [3.8, 4) is 5.75 Å². The van der Waals surface area contributed by atoms with Gasteiger partial charge in [-0.3, -0.25) is 9.59 Å². The molecule has 2 heterocycles. The highest BCUT2D eigenvalue weighted by atomic mass is 16.6. The fourth-order valence-corrected chi connectivity index (χ4v) is 3.56. The highest BCUT2D eigenvalue weighted by Gasteiger charge is 2.46. The minimum Gasteiger partial charge on any atom is -0.487 e. The van der Waals surface area contributed by atoms with Crippen molar-refractivity contribution in [2.45, 2.75) is 37.1 Å². The molecular weight excluding hydrogens is 342 g/mol. The molecular formula is C18H23NO7. The number of amides is 1. The summed E-state index contributed by atoms with van der Waals surface area (Å²) in [5.74, 6) is 0.0619. The van der Waals surface area contributed by atoms with Crippen LogP contribution in [0.2, 0.25) is 0 Å². The van der Waals surface area contributed by atoms with Crippen LogP contribution in [0.3, 0.4) is 0 Å². The fraction of sp³-hybridized carbons (Fsp3) is 0.556. The minimum atomic E-state index is -0.526. The van der Waals surface area contributed by atoms with Crippen LogP contribution >= 0.6 is 0 Å². The smallest absolute Gasteiger partial charge is 0.308 e. The van der Waals surface area contributed by atoms with E-state index >= 15 is 0 Å². The molecule has 1 aromatic carbocycles. The maximum absolute atomic E-state index is 11.7. The van der Waals surface area contributed by atoms with Crippen LogP contribution in [-0.2, 0) is 23.8 Å². The number of aliphatic hydroxyl groups excluding tert-OH is 1. The monoisotopic (exact) mass is 365 g/mol. The van der Waals surface area contributed by atoms with Gasteiger partial charge in [0.05, 0.1) is 26.2 Å². The van der Waals surface area contributed by atoms with Crippen LogP contribution in [0, 0.1) is 0 Å². The lowest BCUT2D eigenvalue weighted by molar-refractivity contribution is -0.156. The van der Waals surface area contributed by atoms with Crippen LogP contribution in [0.4, 0.5) is 5.69 Å². The quantitative estimate of drug-likeness (QED) is 0.720. The molecule has 26 heavy (non-hydrogen) atoms. The largest absolute Gasteiger partial charge is 0.487 e. The van der Waals surface area contributed by atoms with E-state index in [-0.39, 0.29) is 49.6 Å². The van der Waals surface area contributed by atoms with E-state index in [2.05, 4.69) is 5.32 Å². The van der Waals surface area contributed by atoms with E-state index in [1.54, 1.807) is 12.1 Å². The Morgan fingerprint density at radius 1 is 1.35 bits per heavy atom. The zero-order valence-electron chi connectivity index (χ0n) is 14.8. The van der Waals surface area contributed by atoms with Crippen molar-refractivity contribution in [3.05, 3.63) is 23.8 Å². The third-order valence-corrected chi connectivity index (χ3v) is 4.68. The number of hydrogen-bond donors (Lipinski definition) is 2. The van der Waals surface area contributed by atoms with Gasteiger partial charge in [-0.15, -0.1) is 0 Å². The molecule has 0 bridgehead atoms. The molecule has 0 unspecified atom stereocenters. The van der Waals surface area contributed by atoms with Crippen molar-refractivity contribution in [1.29, 1.82) is 0 Å². The van der Waals surface area contributed by atoms with Gasteiger partial charge < -0.3 is 29.4 Å². The number of anilines is 1. The molecule has 142 valence electrons. The second-order valence-electron chi connectivity index (χ2n) is 6.42. The second-order valence-corrected chi connectivity index (χ2v) is 6.42. The number of carbonyl (C=O) groups is 2. The molecule has 1 aromatic rings. The maximum atomic E-state index is 11.7. The lowest BCUT2D eigenvalue weighted by Crippen LogP contribution is -2.46. The number of methoxy groups -OCH3 is 2. The summed E-state index contributed by atoms with van der Waals surface area (Å²) in [6.07, 6.45) is -0.521. The van der Waals surface area contributed by atoms with Crippen LogP contribution in [-0.4, -0.2) is 62.7 Å². The highest BCUT2D eigenvalue weighted by molar-refractivity contribution is 5.91.